The molecule has 0 saturated carbocycles. The smallest absolute Gasteiger partial charge is 0.269 e. The Labute approximate surface area is 215 Å². The zero-order valence-electron chi connectivity index (χ0n) is 18.1. The maximum absolute atomic E-state index is 13.6. The van der Waals surface area contributed by atoms with Crippen LogP contribution in [0.4, 0.5) is 11.4 Å². The summed E-state index contributed by atoms with van der Waals surface area (Å²) in [6, 6.07) is 23.7. The Bertz CT molecular complexity index is 1320. The molecule has 170 valence electrons. The predicted molar refractivity (Wildman–Crippen MR) is 141 cm³/mol. The minimum absolute atomic E-state index is 0.122. The molecule has 5 nitrogen and oxygen atoms in total. The fourth-order valence-corrected chi connectivity index (χ4v) is 5.26. The maximum atomic E-state index is 13.6. The number of aryl methyl sites for hydroxylation is 1. The molecular weight excluding hydrogens is 534 g/mol. The van der Waals surface area contributed by atoms with E-state index in [2.05, 4.69) is 21.2 Å². The maximum Gasteiger partial charge on any atom is 0.269 e. The summed E-state index contributed by atoms with van der Waals surface area (Å²) in [5.41, 5.74) is 3.11. The highest BCUT2D eigenvalue weighted by Gasteiger charge is 2.41. The van der Waals surface area contributed by atoms with Gasteiger partial charge in [0, 0.05) is 20.9 Å². The first-order valence-corrected chi connectivity index (χ1v) is 12.4. The number of carbonyl (C=O) groups excluding carboxylic acids is 2. The average Bonchev–Trinajstić information content (AvgIpc) is 3.13. The molecular formula is C26H19BrClN3O2S. The second-order valence-corrected chi connectivity index (χ2v) is 10.2. The van der Waals surface area contributed by atoms with E-state index >= 15 is 0 Å². The van der Waals surface area contributed by atoms with Crippen molar-refractivity contribution in [3.8, 4) is 6.07 Å². The summed E-state index contributed by atoms with van der Waals surface area (Å²) in [5, 5.41) is 13.1. The first-order valence-electron chi connectivity index (χ1n) is 10.4. The van der Waals surface area contributed by atoms with Crippen LogP contribution in [0.3, 0.4) is 0 Å². The molecule has 1 unspecified atom stereocenters. The Kier molecular flexibility index (Phi) is 7.42. The van der Waals surface area contributed by atoms with Gasteiger partial charge in [0.2, 0.25) is 5.91 Å². The summed E-state index contributed by atoms with van der Waals surface area (Å²) in [5.74, 6) is -0.753. The summed E-state index contributed by atoms with van der Waals surface area (Å²) in [7, 11) is 0. The van der Waals surface area contributed by atoms with E-state index in [-0.39, 0.29) is 11.5 Å². The standard InChI is InChI=1S/C26H19BrClN3O2S/c1-16-4-2-3-5-17(16)14-23-25(33)31(21-12-6-18(27)7-13-21)26(34-23)22(15-29)24(32)30-20-10-8-19(28)9-11-20/h2-13,23H,14H2,1H3,(H,30,32). The zero-order valence-corrected chi connectivity index (χ0v) is 21.2. The molecule has 1 fully saturated rings. The first-order chi connectivity index (χ1) is 16.4. The van der Waals surface area contributed by atoms with E-state index in [0.29, 0.717) is 27.8 Å². The lowest BCUT2D eigenvalue weighted by Gasteiger charge is -2.19. The number of amides is 2. The van der Waals surface area contributed by atoms with Crippen LogP contribution in [0.1, 0.15) is 11.1 Å². The van der Waals surface area contributed by atoms with Gasteiger partial charge in [-0.2, -0.15) is 5.26 Å². The van der Waals surface area contributed by atoms with E-state index in [1.165, 1.54) is 16.7 Å². The molecule has 1 heterocycles. The molecule has 34 heavy (non-hydrogen) atoms. The summed E-state index contributed by atoms with van der Waals surface area (Å²) < 4.78 is 0.860. The van der Waals surface area contributed by atoms with Crippen LogP contribution >= 0.6 is 39.3 Å². The monoisotopic (exact) mass is 551 g/mol. The van der Waals surface area contributed by atoms with Crippen LogP contribution in [-0.4, -0.2) is 17.1 Å². The number of hydrogen-bond acceptors (Lipinski definition) is 4. The summed E-state index contributed by atoms with van der Waals surface area (Å²) in [6.45, 7) is 2.00. The fraction of sp³-hybridized carbons (Fsp3) is 0.115. The van der Waals surface area contributed by atoms with Gasteiger partial charge >= 0.3 is 0 Å². The molecule has 2 amide bonds. The lowest BCUT2D eigenvalue weighted by atomic mass is 10.0. The topological polar surface area (TPSA) is 73.2 Å². The number of anilines is 2. The Balaban J connectivity index is 1.73. The molecule has 0 spiro atoms. The van der Waals surface area contributed by atoms with Gasteiger partial charge < -0.3 is 5.32 Å². The average molecular weight is 553 g/mol. The van der Waals surface area contributed by atoms with Crippen LogP contribution in [0, 0.1) is 18.3 Å². The largest absolute Gasteiger partial charge is 0.321 e. The molecule has 1 atom stereocenters. The van der Waals surface area contributed by atoms with E-state index in [0.717, 1.165) is 15.6 Å². The molecule has 1 saturated heterocycles. The van der Waals surface area contributed by atoms with Gasteiger partial charge in [0.15, 0.2) is 0 Å². The number of nitrogens with zero attached hydrogens (tertiary/aromatic N) is 2. The van der Waals surface area contributed by atoms with Crippen molar-refractivity contribution in [2.45, 2.75) is 18.6 Å². The van der Waals surface area contributed by atoms with E-state index in [4.69, 9.17) is 11.6 Å². The van der Waals surface area contributed by atoms with Crippen LogP contribution < -0.4 is 10.2 Å². The second kappa shape index (κ2) is 10.5. The minimum Gasteiger partial charge on any atom is -0.321 e. The Morgan fingerprint density at radius 2 is 1.79 bits per heavy atom. The minimum atomic E-state index is -0.584. The first kappa shape index (κ1) is 24.1. The third kappa shape index (κ3) is 5.20. The van der Waals surface area contributed by atoms with Crippen molar-refractivity contribution in [3.63, 3.8) is 0 Å². The Hall–Kier alpha value is -3.05. The number of halogens is 2. The van der Waals surface area contributed by atoms with Gasteiger partial charge in [-0.05, 0) is 73.0 Å². The molecule has 0 bridgehead atoms. The number of nitrogens with one attached hydrogen (secondary N) is 1. The van der Waals surface area contributed by atoms with Crippen molar-refractivity contribution in [3.05, 3.63) is 104 Å². The van der Waals surface area contributed by atoms with Crippen molar-refractivity contribution in [2.75, 3.05) is 10.2 Å². The normalized spacial score (nSPS) is 16.8. The molecule has 1 aliphatic heterocycles. The number of carbonyl (C=O) groups is 2. The van der Waals surface area contributed by atoms with Crippen molar-refractivity contribution in [1.29, 1.82) is 5.26 Å². The van der Waals surface area contributed by atoms with Gasteiger partial charge in [-0.3, -0.25) is 14.5 Å². The lowest BCUT2D eigenvalue weighted by molar-refractivity contribution is -0.117. The molecule has 4 rings (SSSR count). The van der Waals surface area contributed by atoms with Crippen molar-refractivity contribution >= 4 is 62.5 Å². The van der Waals surface area contributed by atoms with Crippen LogP contribution in [0.25, 0.3) is 0 Å². The Morgan fingerprint density at radius 1 is 1.12 bits per heavy atom. The van der Waals surface area contributed by atoms with E-state index < -0.39 is 11.2 Å². The van der Waals surface area contributed by atoms with E-state index in [1.54, 1.807) is 36.4 Å². The van der Waals surface area contributed by atoms with Gasteiger partial charge in [0.1, 0.15) is 16.7 Å². The van der Waals surface area contributed by atoms with Crippen LogP contribution in [0.15, 0.2) is 87.9 Å². The van der Waals surface area contributed by atoms with Crippen LogP contribution in [-0.2, 0) is 16.0 Å². The van der Waals surface area contributed by atoms with Gasteiger partial charge in [-0.25, -0.2) is 0 Å². The highest BCUT2D eigenvalue weighted by molar-refractivity contribution is 9.10. The summed E-state index contributed by atoms with van der Waals surface area (Å²) in [6.07, 6.45) is 0.490. The quantitative estimate of drug-likeness (QED) is 0.291. The van der Waals surface area contributed by atoms with Gasteiger partial charge in [0.05, 0.1) is 5.25 Å². The molecule has 0 aromatic heterocycles. The van der Waals surface area contributed by atoms with Crippen LogP contribution in [0.5, 0.6) is 0 Å². The van der Waals surface area contributed by atoms with Gasteiger partial charge in [0.25, 0.3) is 5.91 Å². The Morgan fingerprint density at radius 3 is 2.44 bits per heavy atom. The molecule has 0 radical (unpaired) electrons. The zero-order chi connectivity index (χ0) is 24.2. The number of thioether (sulfide) groups is 1. The van der Waals surface area contributed by atoms with Gasteiger partial charge in [-0.1, -0.05) is 63.6 Å². The number of benzene rings is 3. The van der Waals surface area contributed by atoms with Gasteiger partial charge in [-0.15, -0.1) is 0 Å². The highest BCUT2D eigenvalue weighted by Crippen LogP contribution is 2.42. The molecule has 3 aromatic rings. The molecule has 0 aliphatic carbocycles. The summed E-state index contributed by atoms with van der Waals surface area (Å²) >= 11 is 10.6. The lowest BCUT2D eigenvalue weighted by Crippen LogP contribution is -2.31. The summed E-state index contributed by atoms with van der Waals surface area (Å²) in [4.78, 5) is 28.1. The molecule has 1 N–H and O–H groups in total. The molecule has 1 aliphatic rings. The number of nitriles is 1. The highest BCUT2D eigenvalue weighted by atomic mass is 79.9. The molecule has 8 heteroatoms. The van der Waals surface area contributed by atoms with Crippen LogP contribution in [0.2, 0.25) is 5.02 Å². The van der Waals surface area contributed by atoms with Crippen molar-refractivity contribution in [1.82, 2.24) is 0 Å². The second-order valence-electron chi connectivity index (χ2n) is 7.64. The molecule has 3 aromatic carbocycles. The van der Waals surface area contributed by atoms with E-state index in [9.17, 15) is 14.9 Å². The fourth-order valence-electron chi connectivity index (χ4n) is 3.58. The van der Waals surface area contributed by atoms with E-state index in [1.807, 2.05) is 49.4 Å². The predicted octanol–water partition coefficient (Wildman–Crippen LogP) is 6.48. The third-order valence-corrected chi connectivity index (χ3v) is 7.40. The SMILES string of the molecule is Cc1ccccc1CC1SC(=C(C#N)C(=O)Nc2ccc(Cl)cc2)N(c2ccc(Br)cc2)C1=O. The van der Waals surface area contributed by atoms with Crippen molar-refractivity contribution < 1.29 is 9.59 Å². The number of hydrogen-bond donors (Lipinski definition) is 1. The third-order valence-electron chi connectivity index (χ3n) is 5.36. The van der Waals surface area contributed by atoms with Crippen molar-refractivity contribution in [2.24, 2.45) is 0 Å². The number of rotatable bonds is 5.